The number of anilines is 3. The highest BCUT2D eigenvalue weighted by Gasteiger charge is 2.35. The standard InChI is InChI=1S/C54H37NOS/c1-3-11-36(12-4-1)37-19-26-42(27-20-37)55(43-28-21-38(22-29-43)41-25-34-52-49(35-41)47-16-8-10-18-51(47)57-52)44-30-23-39(24-31-44)45-32-33-48-46-15-7-9-17-50(46)56-54(48)53(45)40-13-5-2-6-14-40/h1-35,46,50H. The van der Waals surface area contributed by atoms with Gasteiger partial charge in [-0.05, 0) is 99.6 Å². The summed E-state index contributed by atoms with van der Waals surface area (Å²) in [5, 5.41) is 2.63. The van der Waals surface area contributed by atoms with E-state index in [1.165, 1.54) is 48.0 Å². The summed E-state index contributed by atoms with van der Waals surface area (Å²) in [4.78, 5) is 2.35. The quantitative estimate of drug-likeness (QED) is 0.161. The highest BCUT2D eigenvalue weighted by atomic mass is 32.1. The van der Waals surface area contributed by atoms with Gasteiger partial charge in [0.2, 0.25) is 0 Å². The van der Waals surface area contributed by atoms with Gasteiger partial charge in [-0.25, -0.2) is 0 Å². The molecular weight excluding hydrogens is 711 g/mol. The fourth-order valence-corrected chi connectivity index (χ4v) is 9.70. The lowest BCUT2D eigenvalue weighted by atomic mass is 9.87. The van der Waals surface area contributed by atoms with Crippen LogP contribution < -0.4 is 9.64 Å². The largest absolute Gasteiger partial charge is 0.484 e. The van der Waals surface area contributed by atoms with Crippen LogP contribution in [0.3, 0.4) is 0 Å². The highest BCUT2D eigenvalue weighted by molar-refractivity contribution is 7.25. The van der Waals surface area contributed by atoms with Crippen molar-refractivity contribution in [1.29, 1.82) is 0 Å². The lowest BCUT2D eigenvalue weighted by Crippen LogP contribution is -2.15. The number of nitrogens with zero attached hydrogens (tertiary/aromatic N) is 1. The average molecular weight is 748 g/mol. The first kappa shape index (κ1) is 33.4. The van der Waals surface area contributed by atoms with Crippen molar-refractivity contribution in [3.8, 4) is 50.3 Å². The molecule has 0 bridgehead atoms. The molecule has 1 aliphatic carbocycles. The van der Waals surface area contributed by atoms with E-state index in [0.29, 0.717) is 0 Å². The zero-order chi connectivity index (χ0) is 37.7. The van der Waals surface area contributed by atoms with Gasteiger partial charge in [-0.3, -0.25) is 0 Å². The van der Waals surface area contributed by atoms with Crippen LogP contribution in [0.2, 0.25) is 0 Å². The summed E-state index contributed by atoms with van der Waals surface area (Å²) in [6.45, 7) is 0. The molecule has 2 nitrogen and oxygen atoms in total. The van der Waals surface area contributed by atoms with Crippen LogP contribution >= 0.6 is 11.3 Å². The van der Waals surface area contributed by atoms with Crippen LogP contribution in [-0.2, 0) is 0 Å². The molecule has 0 fully saturated rings. The zero-order valence-electron chi connectivity index (χ0n) is 31.1. The molecule has 2 unspecified atom stereocenters. The molecule has 0 spiro atoms. The van der Waals surface area contributed by atoms with Crippen molar-refractivity contribution in [2.24, 2.45) is 0 Å². The zero-order valence-corrected chi connectivity index (χ0v) is 31.9. The van der Waals surface area contributed by atoms with Gasteiger partial charge < -0.3 is 9.64 Å². The lowest BCUT2D eigenvalue weighted by Gasteiger charge is -2.26. The molecule has 57 heavy (non-hydrogen) atoms. The van der Waals surface area contributed by atoms with Crippen molar-refractivity contribution in [2.75, 3.05) is 4.90 Å². The average Bonchev–Trinajstić information content (AvgIpc) is 3.86. The smallest absolute Gasteiger partial charge is 0.132 e. The van der Waals surface area contributed by atoms with Gasteiger partial charge in [0, 0.05) is 54.3 Å². The number of benzene rings is 8. The monoisotopic (exact) mass is 747 g/mol. The van der Waals surface area contributed by atoms with E-state index in [-0.39, 0.29) is 12.0 Å². The molecule has 3 heteroatoms. The van der Waals surface area contributed by atoms with Crippen LogP contribution in [0.1, 0.15) is 11.5 Å². The van der Waals surface area contributed by atoms with E-state index in [1.54, 1.807) is 0 Å². The van der Waals surface area contributed by atoms with E-state index in [9.17, 15) is 0 Å². The van der Waals surface area contributed by atoms with Gasteiger partial charge in [-0.15, -0.1) is 11.3 Å². The molecule has 8 aromatic carbocycles. The molecule has 0 amide bonds. The second-order valence-corrected chi connectivity index (χ2v) is 15.9. The molecule has 2 aliphatic rings. The Hall–Kier alpha value is -6.94. The predicted molar refractivity (Wildman–Crippen MR) is 241 cm³/mol. The highest BCUT2D eigenvalue weighted by Crippen LogP contribution is 2.50. The summed E-state index contributed by atoms with van der Waals surface area (Å²) in [5.41, 5.74) is 14.0. The number of ether oxygens (including phenoxy) is 1. The predicted octanol–water partition coefficient (Wildman–Crippen LogP) is 15.2. The van der Waals surface area contributed by atoms with Crippen molar-refractivity contribution in [3.05, 3.63) is 218 Å². The van der Waals surface area contributed by atoms with E-state index < -0.39 is 0 Å². The maximum absolute atomic E-state index is 6.71. The second-order valence-electron chi connectivity index (χ2n) is 14.8. The molecule has 0 N–H and O–H groups in total. The maximum Gasteiger partial charge on any atom is 0.132 e. The third-order valence-electron chi connectivity index (χ3n) is 11.5. The van der Waals surface area contributed by atoms with Gasteiger partial charge in [-0.1, -0.05) is 152 Å². The molecule has 0 radical (unpaired) electrons. The van der Waals surface area contributed by atoms with Crippen LogP contribution in [0.4, 0.5) is 17.1 Å². The van der Waals surface area contributed by atoms with Gasteiger partial charge in [0.15, 0.2) is 0 Å². The number of rotatable bonds is 7. The Labute approximate surface area is 336 Å². The molecule has 1 aliphatic heterocycles. The van der Waals surface area contributed by atoms with Gasteiger partial charge in [-0.2, -0.15) is 0 Å². The minimum absolute atomic E-state index is 0.0248. The maximum atomic E-state index is 6.71. The van der Waals surface area contributed by atoms with Crippen molar-refractivity contribution in [2.45, 2.75) is 12.0 Å². The Balaban J connectivity index is 0.985. The van der Waals surface area contributed by atoms with E-state index in [4.69, 9.17) is 4.74 Å². The Morgan fingerprint density at radius 1 is 0.421 bits per heavy atom. The van der Waals surface area contributed by atoms with Crippen LogP contribution in [0.15, 0.2) is 212 Å². The van der Waals surface area contributed by atoms with E-state index in [1.807, 2.05) is 11.3 Å². The molecule has 2 atom stereocenters. The SMILES string of the molecule is C1=CC2Oc3c(ccc(-c4ccc(N(c5ccc(-c6ccccc6)cc5)c5ccc(-c6ccc7sc8ccccc8c7c6)cc5)cc4)c3-c3ccccc3)C2C=C1. The molecule has 0 saturated heterocycles. The normalized spacial score (nSPS) is 15.4. The van der Waals surface area contributed by atoms with Crippen LogP contribution in [0, 0.1) is 0 Å². The minimum Gasteiger partial charge on any atom is -0.484 e. The molecule has 1 aromatic heterocycles. The first-order valence-corrected chi connectivity index (χ1v) is 20.4. The summed E-state index contributed by atoms with van der Waals surface area (Å²) < 4.78 is 9.36. The van der Waals surface area contributed by atoms with Crippen molar-refractivity contribution >= 4 is 48.6 Å². The van der Waals surface area contributed by atoms with E-state index in [2.05, 4.69) is 217 Å². The van der Waals surface area contributed by atoms with Gasteiger partial charge in [0.25, 0.3) is 0 Å². The van der Waals surface area contributed by atoms with Gasteiger partial charge in [0.1, 0.15) is 11.9 Å². The summed E-state index contributed by atoms with van der Waals surface area (Å²) in [5.74, 6) is 1.22. The van der Waals surface area contributed by atoms with Crippen molar-refractivity contribution < 1.29 is 4.74 Å². The summed E-state index contributed by atoms with van der Waals surface area (Å²) in [7, 11) is 0. The number of hydrogen-bond donors (Lipinski definition) is 0. The lowest BCUT2D eigenvalue weighted by molar-refractivity contribution is 0.270. The van der Waals surface area contributed by atoms with Crippen LogP contribution in [0.5, 0.6) is 5.75 Å². The Kier molecular flexibility index (Phi) is 8.19. The number of allylic oxidation sites excluding steroid dienone is 2. The Bertz CT molecular complexity index is 2960. The number of thiophene rings is 1. The Morgan fingerprint density at radius 2 is 0.965 bits per heavy atom. The minimum atomic E-state index is 0.0248. The summed E-state index contributed by atoms with van der Waals surface area (Å²) in [6, 6.07) is 68.3. The summed E-state index contributed by atoms with van der Waals surface area (Å²) >= 11 is 1.86. The molecule has 0 saturated carbocycles. The van der Waals surface area contributed by atoms with Gasteiger partial charge >= 0.3 is 0 Å². The van der Waals surface area contributed by atoms with Crippen LogP contribution in [0.25, 0.3) is 64.7 Å². The Morgan fingerprint density at radius 3 is 1.67 bits per heavy atom. The fourth-order valence-electron chi connectivity index (χ4n) is 8.62. The first-order valence-electron chi connectivity index (χ1n) is 19.6. The second kappa shape index (κ2) is 14.0. The van der Waals surface area contributed by atoms with Crippen molar-refractivity contribution in [1.82, 2.24) is 0 Å². The van der Waals surface area contributed by atoms with Crippen molar-refractivity contribution in [3.63, 3.8) is 0 Å². The molecular formula is C54H37NOS. The topological polar surface area (TPSA) is 12.5 Å². The number of hydrogen-bond acceptors (Lipinski definition) is 3. The molecule has 9 aromatic rings. The van der Waals surface area contributed by atoms with Crippen LogP contribution in [-0.4, -0.2) is 6.10 Å². The number of fused-ring (bicyclic) bond motifs is 6. The third-order valence-corrected chi connectivity index (χ3v) is 12.6. The summed E-state index contributed by atoms with van der Waals surface area (Å²) in [6.07, 6.45) is 8.68. The van der Waals surface area contributed by atoms with Gasteiger partial charge in [0.05, 0.1) is 0 Å². The third kappa shape index (κ3) is 5.96. The van der Waals surface area contributed by atoms with E-state index >= 15 is 0 Å². The van der Waals surface area contributed by atoms with E-state index in [0.717, 1.165) is 45.1 Å². The molecule has 270 valence electrons. The fraction of sp³-hybridized carbons (Fsp3) is 0.0370. The first-order chi connectivity index (χ1) is 28.2. The molecule has 11 rings (SSSR count). The molecule has 2 heterocycles.